The number of carboxylic acid groups (broad SMARTS) is 1. The predicted molar refractivity (Wildman–Crippen MR) is 84.8 cm³/mol. The van der Waals surface area contributed by atoms with Gasteiger partial charge in [-0.15, -0.1) is 0 Å². The van der Waals surface area contributed by atoms with Crippen LogP contribution in [0.4, 0.5) is 0 Å². The minimum atomic E-state index is -4.17. The Bertz CT molecular complexity index is 837. The third kappa shape index (κ3) is 4.17. The summed E-state index contributed by atoms with van der Waals surface area (Å²) in [7, 11) is -4.17. The quantitative estimate of drug-likeness (QED) is 0.670. The second kappa shape index (κ2) is 6.62. The van der Waals surface area contributed by atoms with E-state index in [4.69, 9.17) is 0 Å². The van der Waals surface area contributed by atoms with Crippen LogP contribution in [0.5, 0.6) is 0 Å². The summed E-state index contributed by atoms with van der Waals surface area (Å²) in [4.78, 5) is 11.2. The largest absolute Gasteiger partial charge is 0.476 e. The molecule has 0 aliphatic heterocycles. The van der Waals surface area contributed by atoms with Gasteiger partial charge in [-0.1, -0.05) is 52.7 Å². The summed E-state index contributed by atoms with van der Waals surface area (Å²) in [5, 5.41) is 12.5. The van der Waals surface area contributed by atoms with E-state index in [-0.39, 0.29) is 10.5 Å². The van der Waals surface area contributed by atoms with E-state index in [0.717, 1.165) is 11.1 Å². The Hall–Kier alpha value is -2.67. The molecule has 0 aliphatic rings. The van der Waals surface area contributed by atoms with Gasteiger partial charge >= 0.3 is 16.1 Å². The summed E-state index contributed by atoms with van der Waals surface area (Å²) < 4.78 is 28.6. The molecule has 0 saturated carbocycles. The zero-order valence-corrected chi connectivity index (χ0v) is 13.4. The van der Waals surface area contributed by atoms with Gasteiger partial charge in [0, 0.05) is 5.56 Å². The minimum Gasteiger partial charge on any atom is -0.476 e. The lowest BCUT2D eigenvalue weighted by Crippen LogP contribution is -2.16. The van der Waals surface area contributed by atoms with Crippen LogP contribution in [-0.2, 0) is 19.2 Å². The van der Waals surface area contributed by atoms with Gasteiger partial charge in [0.2, 0.25) is 0 Å². The van der Waals surface area contributed by atoms with Crippen LogP contribution in [0.25, 0.3) is 0 Å². The first-order valence-corrected chi connectivity index (χ1v) is 8.09. The van der Waals surface area contributed by atoms with Crippen LogP contribution < -0.4 is 0 Å². The molecule has 1 N–H and O–H groups in total. The highest BCUT2D eigenvalue weighted by molar-refractivity contribution is 7.86. The van der Waals surface area contributed by atoms with Crippen molar-refractivity contribution in [3.05, 3.63) is 65.2 Å². The molecule has 0 atom stereocenters. The van der Waals surface area contributed by atoms with Crippen molar-refractivity contribution in [2.24, 2.45) is 5.16 Å². The van der Waals surface area contributed by atoms with E-state index in [9.17, 15) is 18.3 Å². The van der Waals surface area contributed by atoms with Crippen LogP contribution >= 0.6 is 0 Å². The summed E-state index contributed by atoms with van der Waals surface area (Å²) in [5.41, 5.74) is 1.59. The Morgan fingerprint density at radius 3 is 1.91 bits per heavy atom. The highest BCUT2D eigenvalue weighted by Gasteiger charge is 2.19. The second-order valence-electron chi connectivity index (χ2n) is 4.95. The summed E-state index contributed by atoms with van der Waals surface area (Å²) in [6.07, 6.45) is 0. The van der Waals surface area contributed by atoms with Crippen LogP contribution in [0.3, 0.4) is 0 Å². The number of aryl methyl sites for hydroxylation is 2. The lowest BCUT2D eigenvalue weighted by atomic mass is 10.1. The van der Waals surface area contributed by atoms with E-state index in [1.54, 1.807) is 24.3 Å². The van der Waals surface area contributed by atoms with Crippen LogP contribution in [0, 0.1) is 13.8 Å². The molecular weight excluding hydrogens is 318 g/mol. The van der Waals surface area contributed by atoms with Crippen molar-refractivity contribution in [2.75, 3.05) is 0 Å². The maximum atomic E-state index is 12.0. The maximum Gasteiger partial charge on any atom is 0.358 e. The fourth-order valence-corrected chi connectivity index (χ4v) is 2.49. The molecule has 0 bridgehead atoms. The fourth-order valence-electron chi connectivity index (χ4n) is 1.76. The number of oxime groups is 1. The van der Waals surface area contributed by atoms with Gasteiger partial charge in [0.15, 0.2) is 5.71 Å². The number of hydrogen-bond acceptors (Lipinski definition) is 5. The lowest BCUT2D eigenvalue weighted by Gasteiger charge is -2.04. The van der Waals surface area contributed by atoms with Crippen molar-refractivity contribution in [3.8, 4) is 0 Å². The first-order valence-electron chi connectivity index (χ1n) is 6.68. The Balaban J connectivity index is 2.32. The molecule has 0 aromatic heterocycles. The average molecular weight is 333 g/mol. The summed E-state index contributed by atoms with van der Waals surface area (Å²) in [6.45, 7) is 3.66. The number of carbonyl (C=O) groups is 1. The summed E-state index contributed by atoms with van der Waals surface area (Å²) in [6, 6.07) is 12.4. The standard InChI is InChI=1S/C16H15NO5S/c1-11-3-7-13(8-4-11)15(16(18)19)17-22-23(20,21)14-9-5-12(2)6-10-14/h3-10H,1-2H3,(H,18,19)/b17-15+. The van der Waals surface area contributed by atoms with E-state index in [1.165, 1.54) is 24.3 Å². The summed E-state index contributed by atoms with van der Waals surface area (Å²) >= 11 is 0. The highest BCUT2D eigenvalue weighted by Crippen LogP contribution is 2.14. The third-order valence-corrected chi connectivity index (χ3v) is 4.18. The molecule has 0 amide bonds. The number of nitrogens with zero attached hydrogens (tertiary/aromatic N) is 1. The van der Waals surface area contributed by atoms with Gasteiger partial charge < -0.3 is 5.11 Å². The first kappa shape index (κ1) is 16.7. The monoisotopic (exact) mass is 333 g/mol. The van der Waals surface area contributed by atoms with Crippen LogP contribution in [0.15, 0.2) is 58.6 Å². The highest BCUT2D eigenvalue weighted by atomic mass is 32.2. The maximum absolute atomic E-state index is 12.0. The van der Waals surface area contributed by atoms with Crippen molar-refractivity contribution in [1.29, 1.82) is 0 Å². The van der Waals surface area contributed by atoms with Gasteiger partial charge in [0.05, 0.1) is 0 Å². The molecule has 0 spiro atoms. The van der Waals surface area contributed by atoms with E-state index < -0.39 is 21.8 Å². The second-order valence-corrected chi connectivity index (χ2v) is 6.48. The predicted octanol–water partition coefficient (Wildman–Crippen LogP) is 2.50. The molecule has 0 saturated heterocycles. The van der Waals surface area contributed by atoms with Gasteiger partial charge in [-0.05, 0) is 26.0 Å². The number of carboxylic acids is 1. The van der Waals surface area contributed by atoms with Gasteiger partial charge in [-0.25, -0.2) is 4.79 Å². The topological polar surface area (TPSA) is 93.0 Å². The van der Waals surface area contributed by atoms with Crippen molar-refractivity contribution in [3.63, 3.8) is 0 Å². The molecular formula is C16H15NO5S. The molecule has 0 aliphatic carbocycles. The molecule has 0 fully saturated rings. The van der Waals surface area contributed by atoms with Crippen LogP contribution in [0.2, 0.25) is 0 Å². The molecule has 120 valence electrons. The van der Waals surface area contributed by atoms with Crippen molar-refractivity contribution in [2.45, 2.75) is 18.7 Å². The molecule has 2 aromatic rings. The summed E-state index contributed by atoms with van der Waals surface area (Å²) in [5.74, 6) is -1.38. The zero-order valence-electron chi connectivity index (χ0n) is 12.6. The van der Waals surface area contributed by atoms with E-state index in [2.05, 4.69) is 9.44 Å². The number of aliphatic carboxylic acids is 1. The zero-order chi connectivity index (χ0) is 17.0. The Kier molecular flexibility index (Phi) is 4.80. The molecule has 7 heteroatoms. The molecule has 6 nitrogen and oxygen atoms in total. The first-order chi connectivity index (χ1) is 10.8. The number of rotatable bonds is 5. The van der Waals surface area contributed by atoms with Crippen molar-refractivity contribution in [1.82, 2.24) is 0 Å². The van der Waals surface area contributed by atoms with E-state index in [0.29, 0.717) is 0 Å². The molecule has 0 unspecified atom stereocenters. The van der Waals surface area contributed by atoms with Crippen LogP contribution in [-0.4, -0.2) is 25.2 Å². The molecule has 0 heterocycles. The Morgan fingerprint density at radius 2 is 1.43 bits per heavy atom. The normalized spacial score (nSPS) is 12.0. The van der Waals surface area contributed by atoms with Gasteiger partial charge in [-0.3, -0.25) is 4.28 Å². The average Bonchev–Trinajstić information content (AvgIpc) is 2.49. The van der Waals surface area contributed by atoms with Gasteiger partial charge in [-0.2, -0.15) is 8.42 Å². The van der Waals surface area contributed by atoms with E-state index in [1.807, 2.05) is 13.8 Å². The van der Waals surface area contributed by atoms with Crippen molar-refractivity contribution < 1.29 is 22.6 Å². The van der Waals surface area contributed by atoms with Gasteiger partial charge in [0.1, 0.15) is 4.90 Å². The molecule has 23 heavy (non-hydrogen) atoms. The molecule has 0 radical (unpaired) electrons. The van der Waals surface area contributed by atoms with Crippen LogP contribution in [0.1, 0.15) is 16.7 Å². The number of benzene rings is 2. The third-order valence-electron chi connectivity index (χ3n) is 3.06. The van der Waals surface area contributed by atoms with Gasteiger partial charge in [0.25, 0.3) is 0 Å². The van der Waals surface area contributed by atoms with Crippen molar-refractivity contribution >= 4 is 21.8 Å². The number of hydrogen-bond donors (Lipinski definition) is 1. The smallest absolute Gasteiger partial charge is 0.358 e. The molecule has 2 aromatic carbocycles. The molecule has 2 rings (SSSR count). The SMILES string of the molecule is Cc1ccc(/C(=N\OS(=O)(=O)c2ccc(C)cc2)C(=O)O)cc1. The minimum absolute atomic E-state index is 0.0968. The Labute approximate surface area is 134 Å². The fraction of sp³-hybridized carbons (Fsp3) is 0.125. The van der Waals surface area contributed by atoms with E-state index >= 15 is 0 Å². The lowest BCUT2D eigenvalue weighted by molar-refractivity contribution is -0.129. The Morgan fingerprint density at radius 1 is 0.957 bits per heavy atom.